The number of hydrogen-bond acceptors (Lipinski definition) is 34. The molecule has 10 aromatic carbocycles. The van der Waals surface area contributed by atoms with Crippen LogP contribution in [0.3, 0.4) is 0 Å². The Hall–Kier alpha value is -17.0. The van der Waals surface area contributed by atoms with E-state index in [-0.39, 0.29) is 91.2 Å². The van der Waals surface area contributed by atoms with Crippen molar-refractivity contribution in [1.82, 2.24) is 0 Å². The second-order valence-corrected chi connectivity index (χ2v) is 30.1. The summed E-state index contributed by atoms with van der Waals surface area (Å²) in [6.45, 7) is 3.30. The number of aliphatic carboxylic acids is 5. The Morgan fingerprint density at radius 2 is 0.737 bits per heavy atom. The second kappa shape index (κ2) is 44.5. The van der Waals surface area contributed by atoms with Gasteiger partial charge in [0.2, 0.25) is 6.10 Å². The Kier molecular flexibility index (Phi) is 33.2. The van der Waals surface area contributed by atoms with Crippen LogP contribution in [-0.4, -0.2) is 210 Å². The van der Waals surface area contributed by atoms with E-state index >= 15 is 0 Å². The number of benzene rings is 10. The Balaban J connectivity index is 0.000000196. The third-order valence-electron chi connectivity index (χ3n) is 21.8. The first-order valence-electron chi connectivity index (χ1n) is 40.4. The zero-order valence-electron chi connectivity index (χ0n) is 73.9. The molecule has 4 heterocycles. The van der Waals surface area contributed by atoms with Crippen LogP contribution in [0.15, 0.2) is 182 Å². The van der Waals surface area contributed by atoms with E-state index in [2.05, 4.69) is 4.74 Å². The van der Waals surface area contributed by atoms with Crippen LogP contribution in [0.1, 0.15) is 145 Å². The molecule has 14 rings (SSSR count). The minimum atomic E-state index is -2.14. The van der Waals surface area contributed by atoms with Crippen LogP contribution in [0.5, 0.6) is 109 Å². The molecule has 10 unspecified atom stereocenters. The Labute approximate surface area is 793 Å². The van der Waals surface area contributed by atoms with Crippen molar-refractivity contribution in [2.24, 2.45) is 0 Å². The first kappa shape index (κ1) is 102. The number of aromatic hydroxyl groups is 10. The van der Waals surface area contributed by atoms with Crippen LogP contribution in [0.2, 0.25) is 0 Å². The molecule has 708 valence electrons. The van der Waals surface area contributed by atoms with Gasteiger partial charge in [0.15, 0.2) is 110 Å². The second-order valence-electron chi connectivity index (χ2n) is 30.1. The number of fused-ring (bicyclic) bond motifs is 4. The molecular weight excluding hydrogens is 1810 g/mol. The fourth-order valence-corrected chi connectivity index (χ4v) is 15.4. The number of phenols is 10. The van der Waals surface area contributed by atoms with E-state index in [0.717, 1.165) is 84.0 Å². The van der Waals surface area contributed by atoms with Gasteiger partial charge in [-0.1, -0.05) is 66.7 Å². The van der Waals surface area contributed by atoms with Crippen molar-refractivity contribution in [1.29, 1.82) is 0 Å². The third kappa shape index (κ3) is 22.9. The molecule has 0 saturated heterocycles. The Bertz CT molecular complexity index is 6470. The van der Waals surface area contributed by atoms with Gasteiger partial charge < -0.3 is 143 Å². The predicted octanol–water partition coefficient (Wildman–Crippen LogP) is 11.2. The molecule has 38 nitrogen and oxygen atoms in total. The van der Waals surface area contributed by atoms with Crippen molar-refractivity contribution in [2.45, 2.75) is 80.6 Å². The van der Waals surface area contributed by atoms with E-state index < -0.39 is 161 Å². The van der Waals surface area contributed by atoms with Crippen molar-refractivity contribution in [2.75, 3.05) is 49.8 Å². The molecule has 0 aliphatic carbocycles. The van der Waals surface area contributed by atoms with Gasteiger partial charge in [-0.25, -0.2) is 24.0 Å². The minimum absolute atomic E-state index is 0. The zero-order chi connectivity index (χ0) is 99.1. The van der Waals surface area contributed by atoms with E-state index in [1.807, 2.05) is 25.1 Å². The molecule has 4 aliphatic heterocycles. The maximum atomic E-state index is 13.9. The van der Waals surface area contributed by atoms with Gasteiger partial charge in [-0.05, 0) is 185 Å². The molecule has 0 radical (unpaired) electrons. The average Bonchev–Trinajstić information content (AvgIpc) is 1.61. The van der Waals surface area contributed by atoms with Crippen LogP contribution < -0.4 is 47.7 Å². The summed E-state index contributed by atoms with van der Waals surface area (Å²) >= 11 is 0. The number of ketones is 1. The smallest absolute Gasteiger partial charge is 0.546 e. The number of carboxylic acid groups (broad SMARTS) is 5. The molecular formula is C98H87MgO38+. The molecule has 0 aromatic heterocycles. The van der Waals surface area contributed by atoms with Gasteiger partial charge in [0.25, 0.3) is 0 Å². The van der Waals surface area contributed by atoms with Gasteiger partial charge in [0.1, 0.15) is 53.7 Å². The fraction of sp³-hybridized carbons (Fsp3) is 0.204. The summed E-state index contributed by atoms with van der Waals surface area (Å²) in [5, 5.41) is 148. The summed E-state index contributed by atoms with van der Waals surface area (Å²) in [6.07, 6.45) is 1.27. The first-order chi connectivity index (χ1) is 64.8. The molecule has 10 aromatic rings. The Morgan fingerprint density at radius 1 is 0.365 bits per heavy atom. The number of carbonyl (C=O) groups is 10. The number of esters is 4. The van der Waals surface area contributed by atoms with Crippen LogP contribution >= 0.6 is 0 Å². The van der Waals surface area contributed by atoms with E-state index in [1.54, 1.807) is 55.7 Å². The monoisotopic (exact) mass is 1900 g/mol. The van der Waals surface area contributed by atoms with E-state index in [1.165, 1.54) is 116 Å². The molecule has 0 spiro atoms. The van der Waals surface area contributed by atoms with Crippen molar-refractivity contribution >= 4 is 107 Å². The summed E-state index contributed by atoms with van der Waals surface area (Å²) in [5.41, 5.74) is 5.39. The van der Waals surface area contributed by atoms with Gasteiger partial charge in [0, 0.05) is 58.5 Å². The number of hydrogen-bond donors (Lipinski definition) is 14. The topological polar surface area (TPSA) is 597 Å². The van der Waals surface area contributed by atoms with Crippen molar-refractivity contribution in [3.8, 4) is 109 Å². The van der Waals surface area contributed by atoms with Crippen molar-refractivity contribution < 1.29 is 186 Å². The summed E-state index contributed by atoms with van der Waals surface area (Å²) in [6, 6.07) is 36.4. The van der Waals surface area contributed by atoms with Gasteiger partial charge in [-0.2, -0.15) is 0 Å². The van der Waals surface area contributed by atoms with E-state index in [4.69, 9.17) is 67.1 Å². The normalized spacial score (nSPS) is 17.0. The SMILES string of the molecule is CC(=O)C1c2c(/C=C/C(=O)O)ccc(O)c2OC1c1ccc(O)c(O)c1.COC(=O)/C=C/c1ccc(OC)c2c1C(C(=O)OC)C(c1ccc(C)c(OC)c1)O2.COc1ccc(C2Oc3c(OC)ccc(/C=C/C(=O)O)c3C2C(=O)O)cc1OC.O=C(/C=C/c1ccc(O)c2c1C(C(=O)OC(C(=O)[O-])c1ccc(O)c(O)c1)C(c1ccc(O)c(O)c1)O2)OC(Cc1ccc(O)c(O)c1)C(=O)O.[Mg+2]. The van der Waals surface area contributed by atoms with Crippen LogP contribution in [-0.2, 0) is 73.3 Å². The number of rotatable bonds is 28. The third-order valence-corrected chi connectivity index (χ3v) is 21.8. The molecule has 0 saturated carbocycles. The molecule has 0 fully saturated rings. The molecule has 4 aliphatic rings. The fourth-order valence-electron chi connectivity index (χ4n) is 15.4. The largest absolute Gasteiger partial charge is 2.00 e. The summed E-state index contributed by atoms with van der Waals surface area (Å²) in [4.78, 5) is 121. The number of carboxylic acids is 5. The van der Waals surface area contributed by atoms with E-state index in [9.17, 15) is 114 Å². The van der Waals surface area contributed by atoms with Crippen LogP contribution in [0, 0.1) is 6.92 Å². The van der Waals surface area contributed by atoms with Gasteiger partial charge >= 0.3 is 70.8 Å². The number of carbonyl (C=O) groups excluding carboxylic acids is 6. The molecule has 0 amide bonds. The number of phenolic OH excluding ortho intramolecular Hbond substituents is 10. The Morgan fingerprint density at radius 3 is 1.18 bits per heavy atom. The zero-order valence-corrected chi connectivity index (χ0v) is 75.3. The standard InChI is InChI=1S/C35H28O16.C23H24O7.C21H20O8.C19H16O7.Mg/c36-19-6-1-15(11-23(19)40)12-26(33(44)45)49-27(43)10-5-16-2-9-22(39)32-28(16)29(30(50-32)17-3-7-20(37)24(41)13-17)35(48)51-31(34(46)47)18-4-8-21(38)25(42)14-18;1-13-6-7-15(12-17(13)27-3)21-20(23(25)29-5)19-14(9-11-18(24)28-4)8-10-16(26-2)22(19)30-21;1-26-13-7-5-12(10-15(13)28-3)19-18(21(24)25)17-11(6-9-16(22)23)4-8-14(27-2)20(17)29-19;1-9(20)16-17-10(4-7-15(24)25)2-6-13(22)19(17)26-18(16)11-3-5-12(21)14(23)8-11;/h1-11,13-14,26,29-31,36-42H,12H2,(H,44,45)(H,46,47);6-12,20-21H,1-5H3;4-10,18-19H,1-3H3,(H,22,23)(H,24,25);2-8,16,18,21-23H,1H3,(H,24,25);/q;;;;+2/p-1/b10-5+;11-9+;9-6+;7-4+;. The minimum Gasteiger partial charge on any atom is -0.546 e. The summed E-state index contributed by atoms with van der Waals surface area (Å²) in [5.74, 6) is -16.6. The molecule has 14 N–H and O–H groups in total. The maximum absolute atomic E-state index is 13.9. The maximum Gasteiger partial charge on any atom is 2.00 e. The van der Waals surface area contributed by atoms with Crippen molar-refractivity contribution in [3.63, 3.8) is 0 Å². The average molecular weight is 1900 g/mol. The summed E-state index contributed by atoms with van der Waals surface area (Å²) < 4.78 is 70.9. The van der Waals surface area contributed by atoms with E-state index in [0.29, 0.717) is 79.0 Å². The van der Waals surface area contributed by atoms with Crippen LogP contribution in [0.25, 0.3) is 24.3 Å². The molecule has 137 heavy (non-hydrogen) atoms. The summed E-state index contributed by atoms with van der Waals surface area (Å²) in [7, 11) is 10.2. The predicted molar refractivity (Wildman–Crippen MR) is 478 cm³/mol. The van der Waals surface area contributed by atoms with Crippen molar-refractivity contribution in [3.05, 3.63) is 265 Å². The first-order valence-corrected chi connectivity index (χ1v) is 40.4. The quantitative estimate of drug-likeness (QED) is 0.00712. The molecule has 39 heteroatoms. The number of methoxy groups -OCH3 is 7. The van der Waals surface area contributed by atoms with Gasteiger partial charge in [0.05, 0.1) is 61.7 Å². The molecule has 10 atom stereocenters. The van der Waals surface area contributed by atoms with Gasteiger partial charge in [-0.15, -0.1) is 0 Å². The van der Waals surface area contributed by atoms with Crippen LogP contribution in [0.4, 0.5) is 0 Å². The molecule has 0 bridgehead atoms. The van der Waals surface area contributed by atoms with Gasteiger partial charge in [-0.3, -0.25) is 19.2 Å². The number of aryl methyl sites for hydroxylation is 1. The number of ether oxygens (including phenoxy) is 13. The number of Topliss-reactive ketones (excluding diaryl/α,β-unsaturated/α-hetero) is 1.